The predicted molar refractivity (Wildman–Crippen MR) is 95.1 cm³/mol. The minimum Gasteiger partial charge on any atom is -0.356 e. The quantitative estimate of drug-likeness (QED) is 0.918. The lowest BCUT2D eigenvalue weighted by molar-refractivity contribution is -0.119. The first-order chi connectivity index (χ1) is 11.5. The summed E-state index contributed by atoms with van der Waals surface area (Å²) in [5.74, 6) is 0.608. The van der Waals surface area contributed by atoms with Crippen molar-refractivity contribution < 1.29 is 4.79 Å². The van der Waals surface area contributed by atoms with Crippen molar-refractivity contribution in [1.82, 2.24) is 20.0 Å². The topological polar surface area (TPSA) is 50.2 Å². The highest BCUT2D eigenvalue weighted by Gasteiger charge is 2.24. The largest absolute Gasteiger partial charge is 0.356 e. The summed E-state index contributed by atoms with van der Waals surface area (Å²) in [6.07, 6.45) is 4.96. The number of carbonyl (C=O) groups is 1. The summed E-state index contributed by atoms with van der Waals surface area (Å²) in [6.45, 7) is 9.72. The van der Waals surface area contributed by atoms with E-state index in [1.165, 1.54) is 22.4 Å². The first-order valence-electron chi connectivity index (χ1n) is 8.60. The number of carbonyl (C=O) groups excluding carboxylic acids is 1. The fourth-order valence-corrected chi connectivity index (χ4v) is 3.53. The highest BCUT2D eigenvalue weighted by Crippen LogP contribution is 2.25. The van der Waals surface area contributed by atoms with Gasteiger partial charge in [0.2, 0.25) is 5.91 Å². The van der Waals surface area contributed by atoms with Crippen LogP contribution >= 0.6 is 0 Å². The Morgan fingerprint density at radius 2 is 2.21 bits per heavy atom. The van der Waals surface area contributed by atoms with Crippen molar-refractivity contribution >= 4 is 5.91 Å². The Bertz CT molecular complexity index is 708. The van der Waals surface area contributed by atoms with Crippen LogP contribution in [0.3, 0.4) is 0 Å². The molecule has 1 amide bonds. The van der Waals surface area contributed by atoms with Gasteiger partial charge in [-0.2, -0.15) is 5.10 Å². The van der Waals surface area contributed by atoms with Gasteiger partial charge in [0.25, 0.3) is 0 Å². The van der Waals surface area contributed by atoms with Crippen LogP contribution in [0.4, 0.5) is 0 Å². The SMILES string of the molecule is CC(=O)NCC1CCN(Cc2c(C)cc(C)cc2-n2cccn2)C1. The zero-order valence-corrected chi connectivity index (χ0v) is 14.7. The van der Waals surface area contributed by atoms with Gasteiger partial charge in [0.15, 0.2) is 0 Å². The fourth-order valence-electron chi connectivity index (χ4n) is 3.53. The van der Waals surface area contributed by atoms with Crippen molar-refractivity contribution in [2.24, 2.45) is 5.92 Å². The summed E-state index contributed by atoms with van der Waals surface area (Å²) in [6, 6.07) is 6.41. The summed E-state index contributed by atoms with van der Waals surface area (Å²) in [7, 11) is 0. The molecule has 1 aliphatic heterocycles. The standard InChI is InChI=1S/C19H26N4O/c1-14-9-15(2)18(19(10-14)23-7-4-6-21-23)13-22-8-5-17(12-22)11-20-16(3)24/h4,6-7,9-10,17H,5,8,11-13H2,1-3H3,(H,20,24). The van der Waals surface area contributed by atoms with Gasteiger partial charge in [-0.3, -0.25) is 9.69 Å². The van der Waals surface area contributed by atoms with E-state index in [-0.39, 0.29) is 5.91 Å². The van der Waals surface area contributed by atoms with E-state index in [1.807, 2.05) is 23.1 Å². The second-order valence-corrected chi connectivity index (χ2v) is 6.86. The number of aromatic nitrogens is 2. The molecule has 2 aromatic rings. The number of hydrogen-bond donors (Lipinski definition) is 1. The number of likely N-dealkylation sites (tertiary alicyclic amines) is 1. The van der Waals surface area contributed by atoms with E-state index < -0.39 is 0 Å². The summed E-state index contributed by atoms with van der Waals surface area (Å²) < 4.78 is 1.96. The third kappa shape index (κ3) is 3.85. The van der Waals surface area contributed by atoms with Crippen LogP contribution in [0.25, 0.3) is 5.69 Å². The van der Waals surface area contributed by atoms with Crippen LogP contribution in [0.5, 0.6) is 0 Å². The molecule has 1 aromatic heterocycles. The Kier molecular flexibility index (Phi) is 5.00. The highest BCUT2D eigenvalue weighted by molar-refractivity contribution is 5.72. The Morgan fingerprint density at radius 1 is 1.38 bits per heavy atom. The predicted octanol–water partition coefficient (Wildman–Crippen LogP) is 2.45. The lowest BCUT2D eigenvalue weighted by Gasteiger charge is -2.21. The van der Waals surface area contributed by atoms with Gasteiger partial charge in [-0.15, -0.1) is 0 Å². The van der Waals surface area contributed by atoms with Crippen LogP contribution in [-0.4, -0.2) is 40.2 Å². The van der Waals surface area contributed by atoms with Crippen molar-refractivity contribution in [3.8, 4) is 5.69 Å². The molecular formula is C19H26N4O. The van der Waals surface area contributed by atoms with Gasteiger partial charge in [-0.25, -0.2) is 4.68 Å². The molecule has 5 nitrogen and oxygen atoms in total. The molecule has 1 saturated heterocycles. The molecule has 1 aromatic carbocycles. The maximum atomic E-state index is 11.1. The Morgan fingerprint density at radius 3 is 2.92 bits per heavy atom. The number of nitrogens with zero attached hydrogens (tertiary/aromatic N) is 3. The summed E-state index contributed by atoms with van der Waals surface area (Å²) >= 11 is 0. The van der Waals surface area contributed by atoms with Gasteiger partial charge in [0, 0.05) is 39.0 Å². The molecule has 1 fully saturated rings. The third-order valence-electron chi connectivity index (χ3n) is 4.74. The Balaban J connectivity index is 1.75. The van der Waals surface area contributed by atoms with E-state index in [0.29, 0.717) is 5.92 Å². The van der Waals surface area contributed by atoms with Crippen LogP contribution < -0.4 is 5.32 Å². The van der Waals surface area contributed by atoms with Crippen molar-refractivity contribution in [3.63, 3.8) is 0 Å². The normalized spacial score (nSPS) is 18.0. The number of rotatable bonds is 5. The van der Waals surface area contributed by atoms with Gasteiger partial charge in [-0.05, 0) is 61.6 Å². The van der Waals surface area contributed by atoms with Gasteiger partial charge in [-0.1, -0.05) is 6.07 Å². The van der Waals surface area contributed by atoms with E-state index in [1.54, 1.807) is 6.92 Å². The van der Waals surface area contributed by atoms with E-state index >= 15 is 0 Å². The monoisotopic (exact) mass is 326 g/mol. The molecule has 1 N–H and O–H groups in total. The second-order valence-electron chi connectivity index (χ2n) is 6.86. The van der Waals surface area contributed by atoms with E-state index in [0.717, 1.165) is 32.6 Å². The minimum absolute atomic E-state index is 0.0591. The maximum Gasteiger partial charge on any atom is 0.216 e. The molecule has 0 spiro atoms. The van der Waals surface area contributed by atoms with Crippen LogP contribution in [-0.2, 0) is 11.3 Å². The molecule has 24 heavy (non-hydrogen) atoms. The average molecular weight is 326 g/mol. The molecule has 0 aliphatic carbocycles. The Hall–Kier alpha value is -2.14. The molecular weight excluding hydrogens is 300 g/mol. The van der Waals surface area contributed by atoms with Crippen molar-refractivity contribution in [2.45, 2.75) is 33.7 Å². The molecule has 0 saturated carbocycles. The van der Waals surface area contributed by atoms with E-state index in [4.69, 9.17) is 0 Å². The first-order valence-corrected chi connectivity index (χ1v) is 8.60. The molecule has 3 rings (SSSR count). The van der Waals surface area contributed by atoms with Gasteiger partial charge in [0.1, 0.15) is 0 Å². The summed E-state index contributed by atoms with van der Waals surface area (Å²) in [5, 5.41) is 7.36. The second kappa shape index (κ2) is 7.18. The van der Waals surface area contributed by atoms with Gasteiger partial charge in [0.05, 0.1) is 5.69 Å². The molecule has 0 bridgehead atoms. The molecule has 1 atom stereocenters. The van der Waals surface area contributed by atoms with Crippen molar-refractivity contribution in [3.05, 3.63) is 47.3 Å². The minimum atomic E-state index is 0.0591. The van der Waals surface area contributed by atoms with Crippen LogP contribution in [0.15, 0.2) is 30.6 Å². The zero-order chi connectivity index (χ0) is 17.1. The van der Waals surface area contributed by atoms with Crippen molar-refractivity contribution in [2.75, 3.05) is 19.6 Å². The number of amides is 1. The Labute approximate surface area is 143 Å². The van der Waals surface area contributed by atoms with Crippen LogP contribution in [0, 0.1) is 19.8 Å². The molecule has 0 radical (unpaired) electrons. The molecule has 2 heterocycles. The summed E-state index contributed by atoms with van der Waals surface area (Å²) in [4.78, 5) is 13.6. The van der Waals surface area contributed by atoms with Gasteiger partial charge < -0.3 is 5.32 Å². The third-order valence-corrected chi connectivity index (χ3v) is 4.74. The molecule has 1 unspecified atom stereocenters. The average Bonchev–Trinajstić information content (AvgIpc) is 3.19. The number of nitrogens with one attached hydrogen (secondary N) is 1. The molecule has 1 aliphatic rings. The van der Waals surface area contributed by atoms with Crippen LogP contribution in [0.2, 0.25) is 0 Å². The van der Waals surface area contributed by atoms with E-state index in [9.17, 15) is 4.79 Å². The molecule has 5 heteroatoms. The lowest BCUT2D eigenvalue weighted by Crippen LogP contribution is -2.29. The lowest BCUT2D eigenvalue weighted by atomic mass is 10.0. The van der Waals surface area contributed by atoms with Crippen LogP contribution in [0.1, 0.15) is 30.0 Å². The van der Waals surface area contributed by atoms with Gasteiger partial charge >= 0.3 is 0 Å². The number of benzene rings is 1. The van der Waals surface area contributed by atoms with Crippen molar-refractivity contribution in [1.29, 1.82) is 0 Å². The fraction of sp³-hybridized carbons (Fsp3) is 0.474. The zero-order valence-electron chi connectivity index (χ0n) is 14.7. The first kappa shape index (κ1) is 16.7. The molecule has 128 valence electrons. The maximum absolute atomic E-state index is 11.1. The number of aryl methyl sites for hydroxylation is 2. The highest BCUT2D eigenvalue weighted by atomic mass is 16.1. The number of hydrogen-bond acceptors (Lipinski definition) is 3. The van der Waals surface area contributed by atoms with E-state index in [2.05, 4.69) is 41.3 Å². The smallest absolute Gasteiger partial charge is 0.216 e. The summed E-state index contributed by atoms with van der Waals surface area (Å²) in [5.41, 5.74) is 5.07.